The fourth-order valence-electron chi connectivity index (χ4n) is 2.88. The van der Waals surface area contributed by atoms with Gasteiger partial charge >= 0.3 is 6.03 Å². The zero-order chi connectivity index (χ0) is 15.7. The Kier molecular flexibility index (Phi) is 3.72. The first-order valence-corrected chi connectivity index (χ1v) is 7.45. The topological polar surface area (TPSA) is 41.1 Å². The Labute approximate surface area is 131 Å². The van der Waals surface area contributed by atoms with Gasteiger partial charge in [0.1, 0.15) is 0 Å². The molecule has 0 saturated carbocycles. The summed E-state index contributed by atoms with van der Waals surface area (Å²) in [5.41, 5.74) is 7.68. The molecule has 0 saturated heterocycles. The van der Waals surface area contributed by atoms with Gasteiger partial charge in [0, 0.05) is 11.4 Å². The molecule has 0 spiro atoms. The van der Waals surface area contributed by atoms with Crippen LogP contribution in [0.2, 0.25) is 0 Å². The number of carbonyl (C=O) groups excluding carboxylic acids is 1. The van der Waals surface area contributed by atoms with Crippen molar-refractivity contribution in [2.24, 2.45) is 0 Å². The van der Waals surface area contributed by atoms with Crippen LogP contribution in [-0.2, 0) is 12.8 Å². The van der Waals surface area contributed by atoms with Crippen LogP contribution >= 0.6 is 0 Å². The van der Waals surface area contributed by atoms with E-state index in [2.05, 4.69) is 29.3 Å². The van der Waals surface area contributed by atoms with Gasteiger partial charge in [-0.1, -0.05) is 35.9 Å². The van der Waals surface area contributed by atoms with E-state index in [0.29, 0.717) is 0 Å². The minimum absolute atomic E-state index is 0.219. The summed E-state index contributed by atoms with van der Waals surface area (Å²) in [4.78, 5) is 12.1. The Morgan fingerprint density at radius 2 is 1.77 bits per heavy atom. The maximum atomic E-state index is 12.1. The molecule has 112 valence electrons. The molecule has 1 aliphatic carbocycles. The van der Waals surface area contributed by atoms with E-state index in [1.165, 1.54) is 22.3 Å². The molecule has 2 aromatic rings. The van der Waals surface area contributed by atoms with Gasteiger partial charge in [-0.05, 0) is 61.6 Å². The van der Waals surface area contributed by atoms with Crippen LogP contribution in [0.5, 0.6) is 0 Å². The van der Waals surface area contributed by atoms with Gasteiger partial charge in [0.25, 0.3) is 0 Å². The number of amides is 2. The van der Waals surface area contributed by atoms with Crippen LogP contribution in [0.15, 0.2) is 48.6 Å². The van der Waals surface area contributed by atoms with Crippen LogP contribution in [0.1, 0.15) is 22.3 Å². The van der Waals surface area contributed by atoms with Crippen LogP contribution in [0, 0.1) is 13.8 Å². The normalized spacial score (nSPS) is 12.9. The van der Waals surface area contributed by atoms with Crippen molar-refractivity contribution in [3.63, 3.8) is 0 Å². The molecule has 0 radical (unpaired) electrons. The quantitative estimate of drug-likeness (QED) is 0.780. The zero-order valence-electron chi connectivity index (χ0n) is 13.0. The summed E-state index contributed by atoms with van der Waals surface area (Å²) < 4.78 is 0. The summed E-state index contributed by atoms with van der Waals surface area (Å²) >= 11 is 0. The standard InChI is InChI=1S/C19H20N2O/c1-12-4-7-18(14(3)8-12)21-19(22)20-17-6-5-15-9-13(2)10-16(15)11-17/h4-8,11H,2,9-10H2,1,3H3,(H2,20,21,22). The number of benzene rings is 2. The number of urea groups is 1. The average molecular weight is 292 g/mol. The number of hydrogen-bond donors (Lipinski definition) is 2. The average Bonchev–Trinajstić information content (AvgIpc) is 2.81. The fraction of sp³-hybridized carbons (Fsp3) is 0.211. The Balaban J connectivity index is 1.70. The summed E-state index contributed by atoms with van der Waals surface area (Å²) in [5, 5.41) is 5.79. The molecule has 0 fully saturated rings. The lowest BCUT2D eigenvalue weighted by Crippen LogP contribution is -2.20. The van der Waals surface area contributed by atoms with E-state index in [0.717, 1.165) is 29.8 Å². The molecular weight excluding hydrogens is 272 g/mol. The molecule has 0 aliphatic heterocycles. The van der Waals surface area contributed by atoms with Crippen molar-refractivity contribution >= 4 is 17.4 Å². The lowest BCUT2D eigenvalue weighted by molar-refractivity contribution is 0.262. The Morgan fingerprint density at radius 3 is 2.55 bits per heavy atom. The molecular formula is C19H20N2O. The van der Waals surface area contributed by atoms with Crippen LogP contribution in [0.25, 0.3) is 0 Å². The van der Waals surface area contributed by atoms with Gasteiger partial charge in [0.2, 0.25) is 0 Å². The number of aryl methyl sites for hydroxylation is 2. The van der Waals surface area contributed by atoms with E-state index in [1.54, 1.807) is 0 Å². The van der Waals surface area contributed by atoms with E-state index in [1.807, 2.05) is 38.1 Å². The van der Waals surface area contributed by atoms with E-state index in [4.69, 9.17) is 0 Å². The molecule has 2 N–H and O–H groups in total. The van der Waals surface area contributed by atoms with Gasteiger partial charge in [0.15, 0.2) is 0 Å². The maximum absolute atomic E-state index is 12.1. The number of hydrogen-bond acceptors (Lipinski definition) is 1. The van der Waals surface area contributed by atoms with Crippen molar-refractivity contribution in [2.45, 2.75) is 26.7 Å². The first-order chi connectivity index (χ1) is 10.5. The highest BCUT2D eigenvalue weighted by Gasteiger charge is 2.14. The van der Waals surface area contributed by atoms with Crippen molar-refractivity contribution in [3.05, 3.63) is 70.8 Å². The number of nitrogens with one attached hydrogen (secondary N) is 2. The second kappa shape index (κ2) is 5.68. The van der Waals surface area contributed by atoms with E-state index < -0.39 is 0 Å². The highest BCUT2D eigenvalue weighted by molar-refractivity contribution is 6.00. The smallest absolute Gasteiger partial charge is 0.308 e. The molecule has 3 heteroatoms. The third-order valence-corrected chi connectivity index (χ3v) is 3.98. The molecule has 0 aromatic heterocycles. The largest absolute Gasteiger partial charge is 0.323 e. The lowest BCUT2D eigenvalue weighted by Gasteiger charge is -2.11. The summed E-state index contributed by atoms with van der Waals surface area (Å²) in [5.74, 6) is 0. The van der Waals surface area contributed by atoms with Crippen molar-refractivity contribution in [1.82, 2.24) is 0 Å². The number of anilines is 2. The molecule has 2 amide bonds. The van der Waals surface area contributed by atoms with Crippen LogP contribution in [-0.4, -0.2) is 6.03 Å². The molecule has 0 atom stereocenters. The summed E-state index contributed by atoms with van der Waals surface area (Å²) in [7, 11) is 0. The van der Waals surface area contributed by atoms with Crippen LogP contribution in [0.3, 0.4) is 0 Å². The van der Waals surface area contributed by atoms with Gasteiger partial charge < -0.3 is 10.6 Å². The van der Waals surface area contributed by atoms with E-state index in [9.17, 15) is 4.79 Å². The Bertz CT molecular complexity index is 762. The predicted octanol–water partition coefficient (Wildman–Crippen LogP) is 4.60. The molecule has 1 aliphatic rings. The summed E-state index contributed by atoms with van der Waals surface area (Å²) in [6.07, 6.45) is 1.86. The summed E-state index contributed by atoms with van der Waals surface area (Å²) in [6, 6.07) is 11.8. The third kappa shape index (κ3) is 3.03. The maximum Gasteiger partial charge on any atom is 0.323 e. The number of allylic oxidation sites excluding steroid dienone is 1. The minimum Gasteiger partial charge on any atom is -0.308 e. The highest BCUT2D eigenvalue weighted by atomic mass is 16.2. The first kappa shape index (κ1) is 14.4. The van der Waals surface area contributed by atoms with Crippen molar-refractivity contribution < 1.29 is 4.79 Å². The molecule has 22 heavy (non-hydrogen) atoms. The van der Waals surface area contributed by atoms with E-state index in [-0.39, 0.29) is 6.03 Å². The Hall–Kier alpha value is -2.55. The SMILES string of the molecule is C=C1Cc2ccc(NC(=O)Nc3ccc(C)cc3C)cc2C1. The lowest BCUT2D eigenvalue weighted by atomic mass is 10.1. The van der Waals surface area contributed by atoms with Crippen molar-refractivity contribution in [2.75, 3.05) is 10.6 Å². The molecule has 0 bridgehead atoms. The fourth-order valence-corrected chi connectivity index (χ4v) is 2.88. The predicted molar refractivity (Wildman–Crippen MR) is 91.5 cm³/mol. The Morgan fingerprint density at radius 1 is 1.00 bits per heavy atom. The number of fused-ring (bicyclic) bond motifs is 1. The summed E-state index contributed by atoms with van der Waals surface area (Å²) in [6.45, 7) is 8.06. The monoisotopic (exact) mass is 292 g/mol. The third-order valence-electron chi connectivity index (χ3n) is 3.98. The molecule has 3 rings (SSSR count). The van der Waals surface area contributed by atoms with Crippen molar-refractivity contribution in [3.8, 4) is 0 Å². The molecule has 0 heterocycles. The number of carbonyl (C=O) groups is 1. The number of rotatable bonds is 2. The van der Waals surface area contributed by atoms with Gasteiger partial charge in [-0.3, -0.25) is 0 Å². The first-order valence-electron chi connectivity index (χ1n) is 7.45. The molecule has 3 nitrogen and oxygen atoms in total. The highest BCUT2D eigenvalue weighted by Crippen LogP contribution is 2.27. The minimum atomic E-state index is -0.219. The van der Waals surface area contributed by atoms with Gasteiger partial charge in [-0.2, -0.15) is 0 Å². The second-order valence-electron chi connectivity index (χ2n) is 5.98. The van der Waals surface area contributed by atoms with Gasteiger partial charge in [-0.15, -0.1) is 0 Å². The molecule has 2 aromatic carbocycles. The second-order valence-corrected chi connectivity index (χ2v) is 5.98. The van der Waals surface area contributed by atoms with Gasteiger partial charge in [0.05, 0.1) is 0 Å². The van der Waals surface area contributed by atoms with Crippen LogP contribution < -0.4 is 10.6 Å². The van der Waals surface area contributed by atoms with Gasteiger partial charge in [-0.25, -0.2) is 4.79 Å². The molecule has 0 unspecified atom stereocenters. The zero-order valence-corrected chi connectivity index (χ0v) is 13.0. The van der Waals surface area contributed by atoms with E-state index >= 15 is 0 Å². The van der Waals surface area contributed by atoms with Crippen molar-refractivity contribution in [1.29, 1.82) is 0 Å². The van der Waals surface area contributed by atoms with Crippen LogP contribution in [0.4, 0.5) is 16.2 Å².